The number of hydrogen-bond donors (Lipinski definition) is 2. The van der Waals surface area contributed by atoms with Crippen LogP contribution in [-0.4, -0.2) is 16.9 Å². The van der Waals surface area contributed by atoms with Crippen molar-refractivity contribution in [1.29, 1.82) is 0 Å². The average molecular weight is 454 g/mol. The van der Waals surface area contributed by atoms with Gasteiger partial charge >= 0.3 is 0 Å². The first-order valence-corrected chi connectivity index (χ1v) is 7.72. The monoisotopic (exact) mass is 454 g/mol. The molecular formula is C16H15IN4O2S. The van der Waals surface area contributed by atoms with Crippen molar-refractivity contribution in [2.45, 2.75) is 6.42 Å². The van der Waals surface area contributed by atoms with Gasteiger partial charge in [-0.1, -0.05) is 23.4 Å². The number of amidine groups is 1. The van der Waals surface area contributed by atoms with E-state index in [1.165, 1.54) is 0 Å². The van der Waals surface area contributed by atoms with Crippen LogP contribution in [-0.2, 0) is 11.2 Å². The van der Waals surface area contributed by atoms with E-state index in [2.05, 4.69) is 10.1 Å². The maximum Gasteiger partial charge on any atom is 0.225 e. The van der Waals surface area contributed by atoms with E-state index in [0.29, 0.717) is 17.3 Å². The highest BCUT2D eigenvalue weighted by Gasteiger charge is 2.09. The SMILES string of the molecule is I.NC(=O)Cc1cc(-c2ccc(N=C(N)c3cccs3)cc2)no1. The standard InChI is InChI=1S/C16H14N4O2S.HI/c17-15(21)9-12-8-13(20-22-12)10-3-5-11(6-4-10)19-16(18)14-2-1-7-23-14;/h1-8H,9H2,(H2,17,21)(H2,18,19);1H. The molecule has 6 nitrogen and oxygen atoms in total. The van der Waals surface area contributed by atoms with Crippen LogP contribution in [0.15, 0.2) is 57.4 Å². The second-order valence-electron chi connectivity index (χ2n) is 4.84. The lowest BCUT2D eigenvalue weighted by Crippen LogP contribution is -2.12. The lowest BCUT2D eigenvalue weighted by atomic mass is 10.1. The molecule has 1 aromatic carbocycles. The van der Waals surface area contributed by atoms with Crippen LogP contribution in [0.4, 0.5) is 5.69 Å². The van der Waals surface area contributed by atoms with Crippen LogP contribution in [0.2, 0.25) is 0 Å². The third-order valence-electron chi connectivity index (χ3n) is 3.09. The third-order valence-corrected chi connectivity index (χ3v) is 3.99. The molecule has 0 aliphatic rings. The minimum Gasteiger partial charge on any atom is -0.383 e. The zero-order chi connectivity index (χ0) is 16.2. The largest absolute Gasteiger partial charge is 0.383 e. The number of halogens is 1. The Balaban J connectivity index is 0.00000208. The summed E-state index contributed by atoms with van der Waals surface area (Å²) in [7, 11) is 0. The van der Waals surface area contributed by atoms with Crippen molar-refractivity contribution < 1.29 is 9.32 Å². The van der Waals surface area contributed by atoms with Crippen molar-refractivity contribution in [1.82, 2.24) is 5.16 Å². The molecule has 0 unspecified atom stereocenters. The Morgan fingerprint density at radius 3 is 2.58 bits per heavy atom. The van der Waals surface area contributed by atoms with E-state index in [-0.39, 0.29) is 30.4 Å². The lowest BCUT2D eigenvalue weighted by Gasteiger charge is -1.99. The number of rotatable bonds is 5. The quantitative estimate of drug-likeness (QED) is 0.351. The van der Waals surface area contributed by atoms with E-state index in [9.17, 15) is 4.79 Å². The Hall–Kier alpha value is -2.20. The van der Waals surface area contributed by atoms with Gasteiger partial charge in [0.2, 0.25) is 5.91 Å². The van der Waals surface area contributed by atoms with Gasteiger partial charge in [-0.2, -0.15) is 0 Å². The summed E-state index contributed by atoms with van der Waals surface area (Å²) in [4.78, 5) is 16.2. The van der Waals surface area contributed by atoms with Gasteiger partial charge in [-0.3, -0.25) is 4.79 Å². The van der Waals surface area contributed by atoms with Gasteiger partial charge in [0.25, 0.3) is 0 Å². The summed E-state index contributed by atoms with van der Waals surface area (Å²) >= 11 is 1.54. The molecule has 3 rings (SSSR count). The molecule has 0 spiro atoms. The molecule has 3 aromatic rings. The molecule has 0 aliphatic heterocycles. The van der Waals surface area contributed by atoms with E-state index in [4.69, 9.17) is 16.0 Å². The number of carbonyl (C=O) groups excluding carboxylic acids is 1. The van der Waals surface area contributed by atoms with Crippen molar-refractivity contribution >= 4 is 52.7 Å². The molecule has 8 heteroatoms. The Bertz CT molecular complexity index is 841. The molecule has 2 aromatic heterocycles. The van der Waals surface area contributed by atoms with Crippen LogP contribution in [0, 0.1) is 0 Å². The van der Waals surface area contributed by atoms with Crippen molar-refractivity contribution in [3.63, 3.8) is 0 Å². The van der Waals surface area contributed by atoms with Crippen molar-refractivity contribution in [2.75, 3.05) is 0 Å². The van der Waals surface area contributed by atoms with Crippen LogP contribution in [0.25, 0.3) is 11.3 Å². The van der Waals surface area contributed by atoms with Gasteiger partial charge in [0.1, 0.15) is 17.3 Å². The summed E-state index contributed by atoms with van der Waals surface area (Å²) in [6.45, 7) is 0. The molecule has 0 saturated carbocycles. The predicted molar refractivity (Wildman–Crippen MR) is 105 cm³/mol. The zero-order valence-electron chi connectivity index (χ0n) is 12.5. The van der Waals surface area contributed by atoms with E-state index in [1.807, 2.05) is 41.8 Å². The summed E-state index contributed by atoms with van der Waals surface area (Å²) in [6.07, 6.45) is 0.0344. The van der Waals surface area contributed by atoms with Crippen LogP contribution in [0.1, 0.15) is 10.6 Å². The molecule has 0 aliphatic carbocycles. The number of amides is 1. The fourth-order valence-corrected chi connectivity index (χ4v) is 2.66. The van der Waals surface area contributed by atoms with Crippen molar-refractivity contribution in [3.05, 3.63) is 58.5 Å². The molecule has 0 atom stereocenters. The second-order valence-corrected chi connectivity index (χ2v) is 5.79. The highest BCUT2D eigenvalue weighted by atomic mass is 127. The van der Waals surface area contributed by atoms with Crippen LogP contribution < -0.4 is 11.5 Å². The van der Waals surface area contributed by atoms with Gasteiger partial charge in [0.05, 0.1) is 17.0 Å². The summed E-state index contributed by atoms with van der Waals surface area (Å²) in [5.41, 5.74) is 13.3. The second kappa shape index (κ2) is 8.06. The molecule has 0 fully saturated rings. The number of aromatic nitrogens is 1. The van der Waals surface area contributed by atoms with Crippen LogP contribution >= 0.6 is 35.3 Å². The van der Waals surface area contributed by atoms with Crippen molar-refractivity contribution in [2.24, 2.45) is 16.5 Å². The van der Waals surface area contributed by atoms with Gasteiger partial charge in [-0.25, -0.2) is 4.99 Å². The van der Waals surface area contributed by atoms with E-state index in [1.54, 1.807) is 17.4 Å². The van der Waals surface area contributed by atoms with Gasteiger partial charge in [0, 0.05) is 11.6 Å². The normalized spacial score (nSPS) is 11.1. The maximum atomic E-state index is 10.9. The third kappa shape index (κ3) is 4.42. The fourth-order valence-electron chi connectivity index (χ4n) is 2.03. The molecule has 0 bridgehead atoms. The first kappa shape index (κ1) is 18.1. The summed E-state index contributed by atoms with van der Waals surface area (Å²) in [6, 6.07) is 13.0. The molecule has 2 heterocycles. The Morgan fingerprint density at radius 2 is 1.96 bits per heavy atom. The number of nitrogens with two attached hydrogens (primary N) is 2. The number of benzene rings is 1. The van der Waals surface area contributed by atoms with E-state index >= 15 is 0 Å². The lowest BCUT2D eigenvalue weighted by molar-refractivity contribution is -0.117. The number of hydrogen-bond acceptors (Lipinski definition) is 5. The first-order chi connectivity index (χ1) is 11.1. The molecule has 0 saturated heterocycles. The van der Waals surface area contributed by atoms with Gasteiger partial charge in [-0.05, 0) is 23.6 Å². The molecule has 24 heavy (non-hydrogen) atoms. The molecule has 124 valence electrons. The average Bonchev–Trinajstić information content (AvgIpc) is 3.19. The molecule has 1 amide bonds. The fraction of sp³-hybridized carbons (Fsp3) is 0.0625. The van der Waals surface area contributed by atoms with Gasteiger partial charge < -0.3 is 16.0 Å². The number of carbonyl (C=O) groups is 1. The topological polar surface area (TPSA) is 108 Å². The van der Waals surface area contributed by atoms with Gasteiger partial charge in [-0.15, -0.1) is 35.3 Å². The highest BCUT2D eigenvalue weighted by Crippen LogP contribution is 2.23. The number of aliphatic imine (C=N–C) groups is 1. The van der Waals surface area contributed by atoms with Crippen LogP contribution in [0.3, 0.4) is 0 Å². The first-order valence-electron chi connectivity index (χ1n) is 6.84. The highest BCUT2D eigenvalue weighted by molar-refractivity contribution is 14.0. The maximum absolute atomic E-state index is 10.9. The van der Waals surface area contributed by atoms with E-state index < -0.39 is 5.91 Å². The van der Waals surface area contributed by atoms with E-state index in [0.717, 1.165) is 16.1 Å². The van der Waals surface area contributed by atoms with Crippen LogP contribution in [0.5, 0.6) is 0 Å². The number of thiophene rings is 1. The minimum atomic E-state index is -0.457. The van der Waals surface area contributed by atoms with Gasteiger partial charge in [0.15, 0.2) is 0 Å². The number of primary amides is 1. The Labute approximate surface area is 159 Å². The predicted octanol–water partition coefficient (Wildman–Crippen LogP) is 3.09. The molecule has 0 radical (unpaired) electrons. The van der Waals surface area contributed by atoms with Crippen molar-refractivity contribution in [3.8, 4) is 11.3 Å². The molecule has 4 N–H and O–H groups in total. The number of nitrogens with zero attached hydrogens (tertiary/aromatic N) is 2. The summed E-state index contributed by atoms with van der Waals surface area (Å²) in [5.74, 6) is 0.468. The zero-order valence-corrected chi connectivity index (χ0v) is 15.7. The molecular weight excluding hydrogens is 439 g/mol. The Kier molecular flexibility index (Phi) is 6.10. The summed E-state index contributed by atoms with van der Waals surface area (Å²) in [5, 5.41) is 5.88. The summed E-state index contributed by atoms with van der Waals surface area (Å²) < 4.78 is 5.08. The smallest absolute Gasteiger partial charge is 0.225 e. The Morgan fingerprint density at radius 1 is 1.21 bits per heavy atom. The minimum absolute atomic E-state index is 0.